The van der Waals surface area contributed by atoms with E-state index in [0.717, 1.165) is 5.56 Å². The van der Waals surface area contributed by atoms with Crippen LogP contribution in [0.5, 0.6) is 0 Å². The van der Waals surface area contributed by atoms with Crippen LogP contribution in [-0.4, -0.2) is 38.6 Å². The highest BCUT2D eigenvalue weighted by Gasteiger charge is 2.35. The highest BCUT2D eigenvalue weighted by molar-refractivity contribution is 7.53. The van der Waals surface area contributed by atoms with E-state index in [1.807, 2.05) is 29.7 Å². The molecule has 2 N–H and O–H groups in total. The van der Waals surface area contributed by atoms with Gasteiger partial charge < -0.3 is 19.6 Å². The Labute approximate surface area is 172 Å². The fraction of sp³-hybridized carbons (Fsp3) is 0.389. The Bertz CT molecular complexity index is 1060. The summed E-state index contributed by atoms with van der Waals surface area (Å²) in [5, 5.41) is 0.606. The summed E-state index contributed by atoms with van der Waals surface area (Å²) in [6.07, 6.45) is 2.84. The van der Waals surface area contributed by atoms with E-state index in [1.54, 1.807) is 12.4 Å². The molecule has 0 aliphatic carbocycles. The molecule has 11 heteroatoms. The topological polar surface area (TPSA) is 114 Å². The van der Waals surface area contributed by atoms with Crippen molar-refractivity contribution in [2.24, 2.45) is 0 Å². The van der Waals surface area contributed by atoms with Gasteiger partial charge in [0, 0.05) is 11.4 Å². The van der Waals surface area contributed by atoms with E-state index in [2.05, 4.69) is 15.0 Å². The molecule has 2 aromatic heterocycles. The molecule has 3 aromatic rings. The molecule has 1 saturated heterocycles. The van der Waals surface area contributed by atoms with E-state index in [0.29, 0.717) is 41.6 Å². The Hall–Kier alpha value is -2.03. The molecule has 0 amide bonds. The van der Waals surface area contributed by atoms with Crippen molar-refractivity contribution in [1.82, 2.24) is 19.5 Å². The maximum atomic E-state index is 13.0. The van der Waals surface area contributed by atoms with E-state index >= 15 is 0 Å². The smallest absolute Gasteiger partial charge is 0.356 e. The molecule has 29 heavy (non-hydrogen) atoms. The van der Waals surface area contributed by atoms with Gasteiger partial charge in [-0.05, 0) is 24.6 Å². The van der Waals surface area contributed by atoms with Gasteiger partial charge in [-0.3, -0.25) is 9.09 Å². The quantitative estimate of drug-likeness (QED) is 0.579. The first-order chi connectivity index (χ1) is 13.9. The number of nitrogen functional groups attached to an aromatic ring is 1. The molecule has 1 aliphatic rings. The van der Waals surface area contributed by atoms with Crippen LogP contribution in [0.3, 0.4) is 0 Å². The van der Waals surface area contributed by atoms with Gasteiger partial charge in [-0.2, -0.15) is 0 Å². The molecular weight excluding hydrogens is 417 g/mol. The minimum Gasteiger partial charge on any atom is -0.382 e. The monoisotopic (exact) mass is 437 g/mol. The summed E-state index contributed by atoms with van der Waals surface area (Å²) in [5.74, 6) is 0.322. The fourth-order valence-electron chi connectivity index (χ4n) is 3.16. The van der Waals surface area contributed by atoms with Gasteiger partial charge in [-0.25, -0.2) is 15.0 Å². The lowest BCUT2D eigenvalue weighted by molar-refractivity contribution is 0.0340. The second kappa shape index (κ2) is 8.38. The predicted octanol–water partition coefficient (Wildman–Crippen LogP) is 3.80. The number of hydrogen-bond acceptors (Lipinski definition) is 8. The van der Waals surface area contributed by atoms with Crippen molar-refractivity contribution in [3.63, 3.8) is 0 Å². The van der Waals surface area contributed by atoms with Crippen molar-refractivity contribution in [2.45, 2.75) is 32.1 Å². The summed E-state index contributed by atoms with van der Waals surface area (Å²) in [4.78, 5) is 12.4. The van der Waals surface area contributed by atoms with Crippen LogP contribution in [0.1, 0.15) is 25.0 Å². The van der Waals surface area contributed by atoms with Crippen molar-refractivity contribution in [1.29, 1.82) is 0 Å². The second-order valence-corrected chi connectivity index (χ2v) is 9.20. The lowest BCUT2D eigenvalue weighted by Crippen LogP contribution is -2.21. The summed E-state index contributed by atoms with van der Waals surface area (Å²) >= 11 is 6.05. The van der Waals surface area contributed by atoms with Gasteiger partial charge in [0.2, 0.25) is 0 Å². The first-order valence-electron chi connectivity index (χ1n) is 9.14. The van der Waals surface area contributed by atoms with Crippen LogP contribution in [0.4, 0.5) is 5.82 Å². The third-order valence-corrected chi connectivity index (χ3v) is 6.43. The highest BCUT2D eigenvalue weighted by Crippen LogP contribution is 2.56. The molecule has 0 saturated carbocycles. The molecule has 1 aliphatic heterocycles. The van der Waals surface area contributed by atoms with Crippen LogP contribution in [0, 0.1) is 0 Å². The lowest BCUT2D eigenvalue weighted by Gasteiger charge is -2.30. The number of nitrogens with zero attached hydrogens (tertiary/aromatic N) is 4. The maximum absolute atomic E-state index is 13.0. The minimum atomic E-state index is -3.39. The number of halogens is 1. The number of aromatic nitrogens is 4. The number of fused-ring (bicyclic) bond motifs is 1. The van der Waals surface area contributed by atoms with Crippen molar-refractivity contribution < 1.29 is 18.3 Å². The van der Waals surface area contributed by atoms with Gasteiger partial charge in [-0.15, -0.1) is 0 Å². The maximum Gasteiger partial charge on any atom is 0.356 e. The Morgan fingerprint density at radius 3 is 3.10 bits per heavy atom. The largest absolute Gasteiger partial charge is 0.382 e. The van der Waals surface area contributed by atoms with Crippen LogP contribution < -0.4 is 5.73 Å². The number of ether oxygens (including phenoxy) is 1. The van der Waals surface area contributed by atoms with E-state index in [9.17, 15) is 4.57 Å². The van der Waals surface area contributed by atoms with Gasteiger partial charge in [-0.1, -0.05) is 23.7 Å². The second-order valence-electron chi connectivity index (χ2n) is 6.82. The molecule has 1 aromatic carbocycles. The standard InChI is InChI=1S/C18H21ClN5O4P/c1-12(8-24-10-23-16-17(20)21-9-22-18(16)24)26-11-29(25)27-6-5-15(28-29)13-3-2-4-14(19)7-13/h2-4,7,9-10,12,15H,5-6,8,11H2,1H3,(H2,20,21,22)/t12?,15-,29+/m0/s1. The van der Waals surface area contributed by atoms with Crippen LogP contribution in [0.25, 0.3) is 11.2 Å². The average Bonchev–Trinajstić information content (AvgIpc) is 3.11. The van der Waals surface area contributed by atoms with Gasteiger partial charge in [0.1, 0.15) is 18.2 Å². The van der Waals surface area contributed by atoms with Gasteiger partial charge in [0.15, 0.2) is 11.5 Å². The zero-order valence-corrected chi connectivity index (χ0v) is 17.4. The molecule has 4 rings (SSSR count). The Balaban J connectivity index is 1.38. The number of imidazole rings is 1. The first-order valence-corrected chi connectivity index (χ1v) is 11.2. The number of benzene rings is 1. The fourth-order valence-corrected chi connectivity index (χ4v) is 4.99. The third kappa shape index (κ3) is 4.60. The molecule has 9 nitrogen and oxygen atoms in total. The molecule has 0 spiro atoms. The number of anilines is 1. The van der Waals surface area contributed by atoms with E-state index in [1.165, 1.54) is 6.33 Å². The molecule has 3 heterocycles. The summed E-state index contributed by atoms with van der Waals surface area (Å²) in [6.45, 7) is 2.64. The van der Waals surface area contributed by atoms with Crippen LogP contribution >= 0.6 is 19.2 Å². The van der Waals surface area contributed by atoms with E-state index < -0.39 is 7.60 Å². The Kier molecular flexibility index (Phi) is 5.85. The Morgan fingerprint density at radius 1 is 1.41 bits per heavy atom. The van der Waals surface area contributed by atoms with Gasteiger partial charge >= 0.3 is 7.60 Å². The zero-order chi connectivity index (χ0) is 20.4. The Morgan fingerprint density at radius 2 is 2.28 bits per heavy atom. The van der Waals surface area contributed by atoms with E-state index in [-0.39, 0.29) is 18.6 Å². The SMILES string of the molecule is CC(Cn1cnc2c(N)ncnc21)OC[P@@]1(=O)OCC[C@@H](c2cccc(Cl)c2)O1. The molecule has 1 unspecified atom stereocenters. The van der Waals surface area contributed by atoms with Gasteiger partial charge in [0.05, 0.1) is 31.7 Å². The normalized spacial score (nSPS) is 23.3. The van der Waals surface area contributed by atoms with Crippen molar-refractivity contribution in [2.75, 3.05) is 18.7 Å². The molecule has 0 bridgehead atoms. The highest BCUT2D eigenvalue weighted by atomic mass is 35.5. The van der Waals surface area contributed by atoms with Crippen molar-refractivity contribution >= 4 is 36.2 Å². The van der Waals surface area contributed by atoms with Gasteiger partial charge in [0.25, 0.3) is 0 Å². The number of nitrogens with two attached hydrogens (primary N) is 1. The third-order valence-electron chi connectivity index (χ3n) is 4.58. The molecule has 154 valence electrons. The van der Waals surface area contributed by atoms with Crippen LogP contribution in [0.15, 0.2) is 36.9 Å². The number of rotatable bonds is 6. The van der Waals surface area contributed by atoms with E-state index in [4.69, 9.17) is 31.1 Å². The lowest BCUT2D eigenvalue weighted by atomic mass is 10.1. The summed E-state index contributed by atoms with van der Waals surface area (Å²) in [7, 11) is -3.39. The number of hydrogen-bond donors (Lipinski definition) is 1. The van der Waals surface area contributed by atoms with Crippen molar-refractivity contribution in [3.8, 4) is 0 Å². The van der Waals surface area contributed by atoms with Crippen LogP contribution in [0.2, 0.25) is 5.02 Å². The zero-order valence-electron chi connectivity index (χ0n) is 15.8. The van der Waals surface area contributed by atoms with Crippen molar-refractivity contribution in [3.05, 3.63) is 47.5 Å². The summed E-state index contributed by atoms with van der Waals surface area (Å²) in [6, 6.07) is 7.33. The molecule has 1 fully saturated rings. The van der Waals surface area contributed by atoms with Crippen LogP contribution in [-0.2, 0) is 24.9 Å². The molecule has 3 atom stereocenters. The predicted molar refractivity (Wildman–Crippen MR) is 109 cm³/mol. The summed E-state index contributed by atoms with van der Waals surface area (Å²) < 4.78 is 31.8. The first kappa shape index (κ1) is 20.3. The summed E-state index contributed by atoms with van der Waals surface area (Å²) in [5.41, 5.74) is 7.83. The average molecular weight is 438 g/mol. The minimum absolute atomic E-state index is 0.144. The molecular formula is C18H21ClN5O4P. The molecule has 0 radical (unpaired) electrons.